The summed E-state index contributed by atoms with van der Waals surface area (Å²) in [5, 5.41) is 3.91. The van der Waals surface area contributed by atoms with E-state index in [4.69, 9.17) is 9.57 Å². The van der Waals surface area contributed by atoms with Crippen molar-refractivity contribution in [2.24, 2.45) is 5.16 Å². The number of oxime groups is 1. The zero-order valence-electron chi connectivity index (χ0n) is 14.6. The van der Waals surface area contributed by atoms with Gasteiger partial charge in [0.05, 0.1) is 7.11 Å². The molecule has 24 heavy (non-hydrogen) atoms. The zero-order chi connectivity index (χ0) is 17.5. The molecule has 0 unspecified atom stereocenters. The highest BCUT2D eigenvalue weighted by molar-refractivity contribution is 6.43. The Morgan fingerprint density at radius 2 is 1.71 bits per heavy atom. The molecule has 0 saturated carbocycles. The molecule has 0 bridgehead atoms. The van der Waals surface area contributed by atoms with Gasteiger partial charge in [0.2, 0.25) is 0 Å². The summed E-state index contributed by atoms with van der Waals surface area (Å²) in [7, 11) is 2.78. The first-order chi connectivity index (χ1) is 11.6. The molecule has 0 spiro atoms. The molecule has 1 aromatic carbocycles. The van der Waals surface area contributed by atoms with E-state index < -0.39 is 5.97 Å². The van der Waals surface area contributed by atoms with E-state index in [1.165, 1.54) is 25.4 Å². The van der Waals surface area contributed by atoms with Gasteiger partial charge in [-0.1, -0.05) is 58.8 Å². The summed E-state index contributed by atoms with van der Waals surface area (Å²) in [6.45, 7) is 4.20. The molecule has 2 rings (SSSR count). The van der Waals surface area contributed by atoms with E-state index in [-0.39, 0.29) is 5.71 Å². The number of benzene rings is 1. The first-order valence-electron chi connectivity index (χ1n) is 7.87. The van der Waals surface area contributed by atoms with Crippen molar-refractivity contribution in [3.05, 3.63) is 64.3 Å². The van der Waals surface area contributed by atoms with Crippen molar-refractivity contribution in [3.8, 4) is 0 Å². The molecule has 0 N–H and O–H groups in total. The summed E-state index contributed by atoms with van der Waals surface area (Å²) in [4.78, 5) is 17.0. The van der Waals surface area contributed by atoms with Crippen molar-refractivity contribution in [3.63, 3.8) is 0 Å². The number of rotatable bonds is 5. The van der Waals surface area contributed by atoms with E-state index in [0.29, 0.717) is 6.42 Å². The van der Waals surface area contributed by atoms with Crippen molar-refractivity contribution in [1.29, 1.82) is 0 Å². The van der Waals surface area contributed by atoms with Crippen molar-refractivity contribution < 1.29 is 14.4 Å². The first kappa shape index (κ1) is 17.7. The highest BCUT2D eigenvalue weighted by Gasteiger charge is 2.25. The molecular formula is C20H23NO3. The maximum atomic E-state index is 12.1. The van der Waals surface area contributed by atoms with Gasteiger partial charge >= 0.3 is 5.97 Å². The van der Waals surface area contributed by atoms with E-state index in [1.54, 1.807) is 0 Å². The highest BCUT2D eigenvalue weighted by atomic mass is 16.6. The molecule has 1 aromatic rings. The van der Waals surface area contributed by atoms with Crippen LogP contribution in [0.25, 0.3) is 6.08 Å². The fourth-order valence-electron chi connectivity index (χ4n) is 2.63. The van der Waals surface area contributed by atoms with Gasteiger partial charge in [0, 0.05) is 0 Å². The Balaban J connectivity index is 2.44. The second-order valence-corrected chi connectivity index (χ2v) is 5.78. The first-order valence-corrected chi connectivity index (χ1v) is 7.87. The van der Waals surface area contributed by atoms with Crippen LogP contribution in [0.15, 0.2) is 63.9 Å². The maximum Gasteiger partial charge on any atom is 0.360 e. The average molecular weight is 325 g/mol. The van der Waals surface area contributed by atoms with Gasteiger partial charge in [-0.05, 0) is 43.4 Å². The third kappa shape index (κ3) is 4.22. The minimum Gasteiger partial charge on any atom is -0.464 e. The lowest BCUT2D eigenvalue weighted by molar-refractivity contribution is -0.132. The van der Waals surface area contributed by atoms with Crippen LogP contribution in [0.1, 0.15) is 32.3 Å². The number of carbonyl (C=O) groups is 1. The largest absolute Gasteiger partial charge is 0.464 e. The minimum atomic E-state index is -0.482. The van der Waals surface area contributed by atoms with Gasteiger partial charge in [0.15, 0.2) is 5.71 Å². The van der Waals surface area contributed by atoms with Crippen molar-refractivity contribution in [2.45, 2.75) is 26.7 Å². The van der Waals surface area contributed by atoms with Crippen LogP contribution in [0.3, 0.4) is 0 Å². The summed E-state index contributed by atoms with van der Waals surface area (Å²) in [6, 6.07) is 10.1. The molecule has 0 heterocycles. The molecular weight excluding hydrogens is 302 g/mol. The van der Waals surface area contributed by atoms with Gasteiger partial charge in [0.1, 0.15) is 7.11 Å². The Morgan fingerprint density at radius 3 is 2.33 bits per heavy atom. The van der Waals surface area contributed by atoms with E-state index in [1.807, 2.05) is 36.4 Å². The number of methoxy groups -OCH3 is 1. The van der Waals surface area contributed by atoms with E-state index in [9.17, 15) is 4.79 Å². The molecule has 0 aliphatic heterocycles. The molecule has 1 aliphatic rings. The molecule has 1 aliphatic carbocycles. The van der Waals surface area contributed by atoms with Gasteiger partial charge in [-0.15, -0.1) is 0 Å². The predicted molar refractivity (Wildman–Crippen MR) is 96.6 cm³/mol. The summed E-state index contributed by atoms with van der Waals surface area (Å²) in [6.07, 6.45) is 5.54. The average Bonchev–Trinajstić information content (AvgIpc) is 2.60. The van der Waals surface area contributed by atoms with Gasteiger partial charge in [-0.2, -0.15) is 0 Å². The maximum absolute atomic E-state index is 12.1. The Labute approximate surface area is 143 Å². The number of nitrogens with zero attached hydrogens (tertiary/aromatic N) is 1. The number of allylic oxidation sites excluding steroid dienone is 4. The monoisotopic (exact) mass is 325 g/mol. The molecule has 0 amide bonds. The Morgan fingerprint density at radius 1 is 1.04 bits per heavy atom. The lowest BCUT2D eigenvalue weighted by atomic mass is 9.84. The molecule has 4 nitrogen and oxygen atoms in total. The number of esters is 1. The highest BCUT2D eigenvalue weighted by Crippen LogP contribution is 2.32. The molecule has 126 valence electrons. The van der Waals surface area contributed by atoms with Gasteiger partial charge in [-0.3, -0.25) is 0 Å². The van der Waals surface area contributed by atoms with Crippen LogP contribution < -0.4 is 0 Å². The van der Waals surface area contributed by atoms with Gasteiger partial charge in [-0.25, -0.2) is 4.79 Å². The van der Waals surface area contributed by atoms with Crippen molar-refractivity contribution in [2.75, 3.05) is 14.2 Å². The van der Waals surface area contributed by atoms with Gasteiger partial charge in [0.25, 0.3) is 0 Å². The Hall–Kier alpha value is -2.62. The standard InChI is InChI=1S/C20H23NO3/c1-14-12-17(11-10-16-8-6-5-7-9-16)18(13-15(14)2)19(21-24-4)20(22)23-3/h5-11H,12-13H2,1-4H3/b11-10-,21-19+. The van der Waals surface area contributed by atoms with E-state index in [2.05, 4.69) is 25.1 Å². The molecule has 0 atom stereocenters. The van der Waals surface area contributed by atoms with Crippen LogP contribution in [0.5, 0.6) is 0 Å². The van der Waals surface area contributed by atoms with E-state index in [0.717, 1.165) is 23.1 Å². The summed E-state index contributed by atoms with van der Waals surface area (Å²) in [5.41, 5.74) is 5.82. The summed E-state index contributed by atoms with van der Waals surface area (Å²) < 4.78 is 4.87. The lowest BCUT2D eigenvalue weighted by Gasteiger charge is -2.21. The predicted octanol–water partition coefficient (Wildman–Crippen LogP) is 4.30. The van der Waals surface area contributed by atoms with Crippen molar-refractivity contribution in [1.82, 2.24) is 0 Å². The lowest BCUT2D eigenvalue weighted by Crippen LogP contribution is -2.22. The fourth-order valence-corrected chi connectivity index (χ4v) is 2.63. The normalized spacial score (nSPS) is 15.9. The Bertz CT molecular complexity index is 725. The molecule has 0 fully saturated rings. The van der Waals surface area contributed by atoms with E-state index >= 15 is 0 Å². The van der Waals surface area contributed by atoms with Crippen LogP contribution in [-0.2, 0) is 14.4 Å². The van der Waals surface area contributed by atoms with Crippen LogP contribution in [0.4, 0.5) is 0 Å². The number of hydrogen-bond donors (Lipinski definition) is 0. The summed E-state index contributed by atoms with van der Waals surface area (Å²) >= 11 is 0. The molecule has 0 saturated heterocycles. The molecule has 4 heteroatoms. The Kier molecular flexibility index (Phi) is 6.13. The van der Waals surface area contributed by atoms with Gasteiger partial charge < -0.3 is 9.57 Å². The van der Waals surface area contributed by atoms with Crippen LogP contribution in [0.2, 0.25) is 0 Å². The second kappa shape index (κ2) is 8.29. The van der Waals surface area contributed by atoms with Crippen LogP contribution in [0, 0.1) is 0 Å². The van der Waals surface area contributed by atoms with Crippen LogP contribution >= 0.6 is 0 Å². The number of carbonyl (C=O) groups excluding carboxylic acids is 1. The third-order valence-electron chi connectivity index (χ3n) is 4.14. The molecule has 0 radical (unpaired) electrons. The summed E-state index contributed by atoms with van der Waals surface area (Å²) in [5.74, 6) is -0.482. The topological polar surface area (TPSA) is 47.9 Å². The smallest absolute Gasteiger partial charge is 0.360 e. The SMILES string of the molecule is CO/N=C(/C(=O)OC)C1=C(/C=C\c2ccccc2)CC(C)=C(C)C1. The minimum absolute atomic E-state index is 0.236. The quantitative estimate of drug-likeness (QED) is 0.351. The third-order valence-corrected chi connectivity index (χ3v) is 4.14. The second-order valence-electron chi connectivity index (χ2n) is 5.78. The zero-order valence-corrected chi connectivity index (χ0v) is 14.6. The number of hydrogen-bond acceptors (Lipinski definition) is 4. The van der Waals surface area contributed by atoms with Crippen molar-refractivity contribution >= 4 is 17.8 Å². The van der Waals surface area contributed by atoms with Crippen LogP contribution in [-0.4, -0.2) is 25.9 Å². The number of ether oxygens (including phenoxy) is 1. The fraction of sp³-hybridized carbons (Fsp3) is 0.300. The molecule has 0 aromatic heterocycles.